The maximum atomic E-state index is 14.3. The van der Waals surface area contributed by atoms with Gasteiger partial charge in [0.2, 0.25) is 5.95 Å². The van der Waals surface area contributed by atoms with Gasteiger partial charge in [-0.1, -0.05) is 0 Å². The molecule has 3 heterocycles. The molecule has 3 aromatic rings. The first-order valence-corrected chi connectivity index (χ1v) is 10.4. The van der Waals surface area contributed by atoms with Gasteiger partial charge in [-0.05, 0) is 48.9 Å². The van der Waals surface area contributed by atoms with Gasteiger partial charge in [-0.3, -0.25) is 4.90 Å². The number of nitrogens with one attached hydrogen (secondary N) is 1. The van der Waals surface area contributed by atoms with Crippen molar-refractivity contribution in [2.24, 2.45) is 0 Å². The van der Waals surface area contributed by atoms with Crippen LogP contribution in [0.5, 0.6) is 0 Å². The molecule has 1 N–H and O–H groups in total. The van der Waals surface area contributed by atoms with Crippen molar-refractivity contribution in [1.29, 1.82) is 0 Å². The van der Waals surface area contributed by atoms with Gasteiger partial charge in [0, 0.05) is 39.0 Å². The van der Waals surface area contributed by atoms with Gasteiger partial charge in [-0.25, -0.2) is 13.5 Å². The van der Waals surface area contributed by atoms with Gasteiger partial charge >= 0.3 is 0 Å². The van der Waals surface area contributed by atoms with Crippen LogP contribution in [0.1, 0.15) is 6.99 Å². The predicted molar refractivity (Wildman–Crippen MR) is 116 cm³/mol. The highest BCUT2D eigenvalue weighted by Gasteiger charge is 2.29. The van der Waals surface area contributed by atoms with Crippen molar-refractivity contribution in [2.45, 2.75) is 13.0 Å². The second-order valence-electron chi connectivity index (χ2n) is 7.98. The summed E-state index contributed by atoms with van der Waals surface area (Å²) in [7, 11) is 0. The van der Waals surface area contributed by atoms with Crippen LogP contribution < -0.4 is 10.2 Å². The molecule has 0 atom stereocenters. The van der Waals surface area contributed by atoms with E-state index in [1.807, 2.05) is 6.07 Å². The third-order valence-corrected chi connectivity index (χ3v) is 5.85. The Kier molecular flexibility index (Phi) is 5.29. The highest BCUT2D eigenvalue weighted by Crippen LogP contribution is 2.26. The minimum Gasteiger partial charge on any atom is -0.378 e. The van der Waals surface area contributed by atoms with Crippen LogP contribution in [0.4, 0.5) is 26.1 Å². The number of benzene rings is 2. The topological polar surface area (TPSA) is 58.5 Å². The van der Waals surface area contributed by atoms with Crippen molar-refractivity contribution in [3.63, 3.8) is 0 Å². The lowest BCUT2D eigenvalue weighted by Crippen LogP contribution is -2.56. The standard InChI is InChI=1S/C22H24F2N6O.H2/c1-15-8-18(2-3-21(15)24)30-14-25-22(27-30)26-17-9-16(23)10-19(11-17)28-4-6-29(7-5-28)20-12-31-13-20;/h2-3,8-11,14,20H,4-7,12-13H2,1H3,(H,26,27);1H. The molecule has 7 nitrogen and oxygen atoms in total. The molecule has 2 aliphatic rings. The molecule has 5 rings (SSSR count). The molecule has 164 valence electrons. The molecule has 1 aromatic heterocycles. The first-order valence-electron chi connectivity index (χ1n) is 10.4. The van der Waals surface area contributed by atoms with E-state index in [0.717, 1.165) is 45.1 Å². The molecular formula is C22H26F2N6O. The summed E-state index contributed by atoms with van der Waals surface area (Å²) >= 11 is 0. The lowest BCUT2D eigenvalue weighted by molar-refractivity contribution is -0.0660. The van der Waals surface area contributed by atoms with E-state index in [9.17, 15) is 8.78 Å². The van der Waals surface area contributed by atoms with Crippen LogP contribution in [0.15, 0.2) is 42.7 Å². The Labute approximate surface area is 180 Å². The highest BCUT2D eigenvalue weighted by molar-refractivity contribution is 5.62. The number of aryl methyl sites for hydroxylation is 1. The molecule has 31 heavy (non-hydrogen) atoms. The van der Waals surface area contributed by atoms with Crippen LogP contribution in [0.2, 0.25) is 0 Å². The Balaban J connectivity index is 0.00000245. The number of halogens is 2. The summed E-state index contributed by atoms with van der Waals surface area (Å²) in [5, 5.41) is 7.46. The summed E-state index contributed by atoms with van der Waals surface area (Å²) in [4.78, 5) is 8.88. The summed E-state index contributed by atoms with van der Waals surface area (Å²) in [6.45, 7) is 6.89. The number of anilines is 3. The number of nitrogens with zero attached hydrogens (tertiary/aromatic N) is 5. The van der Waals surface area contributed by atoms with Crippen LogP contribution in [-0.2, 0) is 4.74 Å². The molecule has 0 spiro atoms. The molecule has 0 unspecified atom stereocenters. The van der Waals surface area contributed by atoms with Crippen molar-refractivity contribution in [1.82, 2.24) is 19.7 Å². The third-order valence-electron chi connectivity index (χ3n) is 5.85. The summed E-state index contributed by atoms with van der Waals surface area (Å²) in [6, 6.07) is 10.1. The fourth-order valence-corrected chi connectivity index (χ4v) is 3.95. The van der Waals surface area contributed by atoms with Crippen molar-refractivity contribution in [3.8, 4) is 5.69 Å². The molecule has 0 amide bonds. The van der Waals surface area contributed by atoms with E-state index in [0.29, 0.717) is 28.9 Å². The van der Waals surface area contributed by atoms with Gasteiger partial charge in [-0.15, -0.1) is 5.10 Å². The zero-order valence-electron chi connectivity index (χ0n) is 17.3. The summed E-state index contributed by atoms with van der Waals surface area (Å²) in [5.41, 5.74) is 2.65. The Morgan fingerprint density at radius 1 is 1.03 bits per heavy atom. The van der Waals surface area contributed by atoms with E-state index in [1.165, 1.54) is 12.1 Å². The molecule has 2 aliphatic heterocycles. The number of piperazine rings is 1. The Morgan fingerprint density at radius 2 is 1.84 bits per heavy atom. The molecule has 2 aromatic carbocycles. The minimum absolute atomic E-state index is 0. The zero-order chi connectivity index (χ0) is 21.4. The average Bonchev–Trinajstić information content (AvgIpc) is 3.17. The fraction of sp³-hybridized carbons (Fsp3) is 0.364. The molecule has 9 heteroatoms. The molecule has 2 saturated heterocycles. The maximum absolute atomic E-state index is 14.3. The monoisotopic (exact) mass is 428 g/mol. The van der Waals surface area contributed by atoms with E-state index in [4.69, 9.17) is 4.74 Å². The Hall–Kier alpha value is -3.04. The number of ether oxygens (including phenoxy) is 1. The second kappa shape index (κ2) is 8.24. The van der Waals surface area contributed by atoms with Gasteiger partial charge < -0.3 is 15.0 Å². The summed E-state index contributed by atoms with van der Waals surface area (Å²) < 4.78 is 34.7. The average molecular weight is 428 g/mol. The van der Waals surface area contributed by atoms with Crippen molar-refractivity contribution in [2.75, 3.05) is 49.6 Å². The van der Waals surface area contributed by atoms with Crippen LogP contribution >= 0.6 is 0 Å². The smallest absolute Gasteiger partial charge is 0.246 e. The number of hydrogen-bond acceptors (Lipinski definition) is 6. The van der Waals surface area contributed by atoms with Gasteiger partial charge in [0.05, 0.1) is 24.9 Å². The normalized spacial score (nSPS) is 17.6. The van der Waals surface area contributed by atoms with Gasteiger partial charge in [0.15, 0.2) is 0 Å². The van der Waals surface area contributed by atoms with E-state index >= 15 is 0 Å². The van der Waals surface area contributed by atoms with E-state index in [1.54, 1.807) is 36.1 Å². The van der Waals surface area contributed by atoms with Crippen LogP contribution in [0.3, 0.4) is 0 Å². The Morgan fingerprint density at radius 3 is 2.55 bits per heavy atom. The van der Waals surface area contributed by atoms with Crippen LogP contribution in [0.25, 0.3) is 5.69 Å². The molecule has 2 fully saturated rings. The minimum atomic E-state index is -0.316. The molecule has 0 aliphatic carbocycles. The number of rotatable bonds is 5. The van der Waals surface area contributed by atoms with Crippen molar-refractivity contribution >= 4 is 17.3 Å². The first kappa shape index (κ1) is 19.9. The van der Waals surface area contributed by atoms with Crippen LogP contribution in [-0.4, -0.2) is 65.1 Å². The van der Waals surface area contributed by atoms with E-state index < -0.39 is 0 Å². The van der Waals surface area contributed by atoms with E-state index in [2.05, 4.69) is 25.2 Å². The summed E-state index contributed by atoms with van der Waals surface area (Å²) in [6.07, 6.45) is 1.54. The van der Waals surface area contributed by atoms with Crippen LogP contribution in [0, 0.1) is 18.6 Å². The number of aromatic nitrogens is 3. The van der Waals surface area contributed by atoms with Crippen molar-refractivity contribution in [3.05, 3.63) is 59.9 Å². The first-order chi connectivity index (χ1) is 15.0. The fourth-order valence-electron chi connectivity index (χ4n) is 3.95. The third kappa shape index (κ3) is 4.24. The lowest BCUT2D eigenvalue weighted by atomic mass is 10.1. The maximum Gasteiger partial charge on any atom is 0.246 e. The quantitative estimate of drug-likeness (QED) is 0.673. The summed E-state index contributed by atoms with van der Waals surface area (Å²) in [5.74, 6) is -0.242. The molecule has 0 radical (unpaired) electrons. The van der Waals surface area contributed by atoms with Gasteiger partial charge in [0.25, 0.3) is 0 Å². The van der Waals surface area contributed by atoms with E-state index in [-0.39, 0.29) is 13.1 Å². The number of hydrogen-bond donors (Lipinski definition) is 1. The van der Waals surface area contributed by atoms with Gasteiger partial charge in [-0.2, -0.15) is 4.98 Å². The predicted octanol–water partition coefficient (Wildman–Crippen LogP) is 3.36. The van der Waals surface area contributed by atoms with Gasteiger partial charge in [0.1, 0.15) is 18.0 Å². The zero-order valence-corrected chi connectivity index (χ0v) is 17.3. The second-order valence-corrected chi connectivity index (χ2v) is 7.98. The largest absolute Gasteiger partial charge is 0.378 e. The highest BCUT2D eigenvalue weighted by atomic mass is 19.1. The molecule has 0 bridgehead atoms. The lowest BCUT2D eigenvalue weighted by Gasteiger charge is -2.43. The SMILES string of the molecule is Cc1cc(-n2cnc(Nc3cc(F)cc(N4CCN(C5COC5)CC4)c3)n2)ccc1F.[HH]. The molecule has 0 saturated carbocycles. The molecular weight excluding hydrogens is 402 g/mol. The van der Waals surface area contributed by atoms with Crippen molar-refractivity contribution < 1.29 is 14.9 Å². The Bertz CT molecular complexity index is 1080.